The van der Waals surface area contributed by atoms with Crippen LogP contribution in [0, 0.1) is 0 Å². The topological polar surface area (TPSA) is 71.5 Å². The maximum Gasteiger partial charge on any atom is 0.244 e. The summed E-state index contributed by atoms with van der Waals surface area (Å²) in [7, 11) is 0. The Morgan fingerprint density at radius 3 is 2.81 bits per heavy atom. The van der Waals surface area contributed by atoms with Crippen LogP contribution in [0.2, 0.25) is 0 Å². The Balaban J connectivity index is 1.55. The third-order valence-corrected chi connectivity index (χ3v) is 4.29. The van der Waals surface area contributed by atoms with Gasteiger partial charge in [0.05, 0.1) is 6.61 Å². The Labute approximate surface area is 158 Å². The Bertz CT molecular complexity index is 831. The zero-order chi connectivity index (χ0) is 19.1. The van der Waals surface area contributed by atoms with Gasteiger partial charge < -0.3 is 15.0 Å². The number of hydrogen-bond donors (Lipinski definition) is 1. The molecule has 1 aliphatic heterocycles. The molecule has 6 nitrogen and oxygen atoms in total. The number of nitrogens with zero attached hydrogens (tertiary/aromatic N) is 2. The van der Waals surface area contributed by atoms with Crippen molar-refractivity contribution in [3.8, 4) is 5.88 Å². The number of anilines is 1. The molecule has 0 saturated carbocycles. The number of amides is 2. The molecule has 1 aromatic carbocycles. The summed E-state index contributed by atoms with van der Waals surface area (Å²) in [6.07, 6.45) is 6.42. The van der Waals surface area contributed by atoms with Crippen molar-refractivity contribution in [2.75, 3.05) is 18.1 Å². The molecule has 27 heavy (non-hydrogen) atoms. The molecule has 140 valence electrons. The average molecular weight is 365 g/mol. The van der Waals surface area contributed by atoms with Crippen LogP contribution in [0.25, 0.3) is 6.08 Å². The maximum absolute atomic E-state index is 12.1. The minimum atomic E-state index is -0.194. The van der Waals surface area contributed by atoms with Crippen LogP contribution < -0.4 is 15.0 Å². The molecular weight excluding hydrogens is 342 g/mol. The first-order valence-corrected chi connectivity index (χ1v) is 9.10. The van der Waals surface area contributed by atoms with Gasteiger partial charge in [-0.2, -0.15) is 0 Å². The Hall–Kier alpha value is -3.15. The van der Waals surface area contributed by atoms with Crippen LogP contribution >= 0.6 is 0 Å². The summed E-state index contributed by atoms with van der Waals surface area (Å²) in [6, 6.07) is 11.3. The van der Waals surface area contributed by atoms with Crippen molar-refractivity contribution in [3.05, 3.63) is 59.8 Å². The first-order chi connectivity index (χ1) is 13.2. The van der Waals surface area contributed by atoms with E-state index in [0.717, 1.165) is 29.8 Å². The van der Waals surface area contributed by atoms with Crippen LogP contribution in [0.5, 0.6) is 5.88 Å². The van der Waals surface area contributed by atoms with Crippen molar-refractivity contribution in [2.45, 2.75) is 26.3 Å². The van der Waals surface area contributed by atoms with Crippen molar-refractivity contribution in [2.24, 2.45) is 0 Å². The van der Waals surface area contributed by atoms with Crippen molar-refractivity contribution in [3.63, 3.8) is 0 Å². The molecule has 6 heteroatoms. The van der Waals surface area contributed by atoms with Gasteiger partial charge in [0.25, 0.3) is 0 Å². The minimum absolute atomic E-state index is 0.166. The van der Waals surface area contributed by atoms with Crippen LogP contribution in [0.4, 0.5) is 5.69 Å². The van der Waals surface area contributed by atoms with Crippen molar-refractivity contribution < 1.29 is 14.3 Å². The van der Waals surface area contributed by atoms with Gasteiger partial charge in [0.2, 0.25) is 17.7 Å². The zero-order valence-corrected chi connectivity index (χ0v) is 15.4. The smallest absolute Gasteiger partial charge is 0.244 e. The number of rotatable bonds is 7. The van der Waals surface area contributed by atoms with E-state index in [2.05, 4.69) is 10.3 Å². The summed E-state index contributed by atoms with van der Waals surface area (Å²) in [4.78, 5) is 29.8. The number of benzene rings is 1. The number of pyridine rings is 1. The van der Waals surface area contributed by atoms with Gasteiger partial charge in [-0.3, -0.25) is 9.59 Å². The third-order valence-electron chi connectivity index (χ3n) is 4.29. The van der Waals surface area contributed by atoms with E-state index in [9.17, 15) is 9.59 Å². The highest BCUT2D eigenvalue weighted by atomic mass is 16.5. The number of ether oxygens (including phenoxy) is 1. The molecule has 1 fully saturated rings. The summed E-state index contributed by atoms with van der Waals surface area (Å²) in [6.45, 7) is 3.54. The highest BCUT2D eigenvalue weighted by Crippen LogP contribution is 2.22. The third kappa shape index (κ3) is 4.94. The zero-order valence-electron chi connectivity index (χ0n) is 15.4. The molecule has 0 bridgehead atoms. The van der Waals surface area contributed by atoms with Crippen LogP contribution in [0.3, 0.4) is 0 Å². The van der Waals surface area contributed by atoms with Gasteiger partial charge >= 0.3 is 0 Å². The van der Waals surface area contributed by atoms with Crippen molar-refractivity contribution >= 4 is 23.6 Å². The van der Waals surface area contributed by atoms with E-state index in [4.69, 9.17) is 4.74 Å². The van der Waals surface area contributed by atoms with E-state index in [0.29, 0.717) is 25.5 Å². The molecule has 1 N–H and O–H groups in total. The lowest BCUT2D eigenvalue weighted by Gasteiger charge is -2.15. The number of nitrogens with one attached hydrogen (secondary N) is 1. The summed E-state index contributed by atoms with van der Waals surface area (Å²) >= 11 is 0. The molecule has 2 amide bonds. The molecule has 1 saturated heterocycles. The lowest BCUT2D eigenvalue weighted by Crippen LogP contribution is -2.23. The molecule has 0 radical (unpaired) electrons. The summed E-state index contributed by atoms with van der Waals surface area (Å²) in [5, 5.41) is 2.83. The van der Waals surface area contributed by atoms with Gasteiger partial charge in [-0.05, 0) is 43.2 Å². The SMILES string of the molecule is CCOc1ncccc1CNC(=O)/C=C/c1ccc(N2CCCC2=O)cc1. The highest BCUT2D eigenvalue weighted by molar-refractivity contribution is 5.95. The van der Waals surface area contributed by atoms with Gasteiger partial charge in [0, 0.05) is 43.0 Å². The van der Waals surface area contributed by atoms with Crippen LogP contribution in [0.1, 0.15) is 30.9 Å². The van der Waals surface area contributed by atoms with Crippen molar-refractivity contribution in [1.29, 1.82) is 0 Å². The normalized spacial score (nSPS) is 14.0. The second-order valence-corrected chi connectivity index (χ2v) is 6.19. The van der Waals surface area contributed by atoms with E-state index >= 15 is 0 Å². The summed E-state index contributed by atoms with van der Waals surface area (Å²) in [5.74, 6) is 0.510. The first-order valence-electron chi connectivity index (χ1n) is 9.10. The van der Waals surface area contributed by atoms with Gasteiger partial charge in [0.15, 0.2) is 0 Å². The molecule has 1 aliphatic rings. The Kier molecular flexibility index (Phi) is 6.20. The fraction of sp³-hybridized carbons (Fsp3) is 0.286. The molecule has 0 aliphatic carbocycles. The van der Waals surface area contributed by atoms with Crippen molar-refractivity contribution in [1.82, 2.24) is 10.3 Å². The second-order valence-electron chi connectivity index (χ2n) is 6.19. The van der Waals surface area contributed by atoms with Gasteiger partial charge in [0.1, 0.15) is 0 Å². The number of hydrogen-bond acceptors (Lipinski definition) is 4. The Morgan fingerprint density at radius 1 is 1.30 bits per heavy atom. The molecule has 2 heterocycles. The molecule has 1 aromatic heterocycles. The maximum atomic E-state index is 12.1. The quantitative estimate of drug-likeness (QED) is 0.766. The predicted molar refractivity (Wildman–Crippen MR) is 104 cm³/mol. The van der Waals surface area contributed by atoms with E-state index in [1.807, 2.05) is 43.3 Å². The molecule has 0 spiro atoms. The van der Waals surface area contributed by atoms with Gasteiger partial charge in [-0.25, -0.2) is 4.98 Å². The number of carbonyl (C=O) groups is 2. The minimum Gasteiger partial charge on any atom is -0.478 e. The predicted octanol–water partition coefficient (Wildman–Crippen LogP) is 2.94. The highest BCUT2D eigenvalue weighted by Gasteiger charge is 2.21. The lowest BCUT2D eigenvalue weighted by molar-refractivity contribution is -0.117. The molecular formula is C21H23N3O3. The van der Waals surface area contributed by atoms with E-state index in [1.54, 1.807) is 17.2 Å². The lowest BCUT2D eigenvalue weighted by atomic mass is 10.2. The second kappa shape index (κ2) is 8.98. The number of aromatic nitrogens is 1. The molecule has 0 atom stereocenters. The van der Waals surface area contributed by atoms with E-state index < -0.39 is 0 Å². The largest absolute Gasteiger partial charge is 0.478 e. The van der Waals surface area contributed by atoms with E-state index in [1.165, 1.54) is 6.08 Å². The van der Waals surface area contributed by atoms with Crippen LogP contribution in [-0.2, 0) is 16.1 Å². The van der Waals surface area contributed by atoms with Gasteiger partial charge in [-0.15, -0.1) is 0 Å². The molecule has 0 unspecified atom stereocenters. The molecule has 2 aromatic rings. The fourth-order valence-corrected chi connectivity index (χ4v) is 2.93. The van der Waals surface area contributed by atoms with E-state index in [-0.39, 0.29) is 11.8 Å². The van der Waals surface area contributed by atoms with Crippen LogP contribution in [-0.4, -0.2) is 29.9 Å². The summed E-state index contributed by atoms with van der Waals surface area (Å²) < 4.78 is 5.45. The van der Waals surface area contributed by atoms with Gasteiger partial charge in [-0.1, -0.05) is 18.2 Å². The Morgan fingerprint density at radius 2 is 2.11 bits per heavy atom. The average Bonchev–Trinajstić information content (AvgIpc) is 3.12. The standard InChI is InChI=1S/C21H23N3O3/c1-2-27-21-17(5-3-13-22-21)15-23-19(25)12-9-16-7-10-18(11-8-16)24-14-4-6-20(24)26/h3,5,7-13H,2,4,6,14-15H2,1H3,(H,23,25)/b12-9+. The fourth-order valence-electron chi connectivity index (χ4n) is 2.93. The first kappa shape index (κ1) is 18.6. The van der Waals surface area contributed by atoms with Crippen LogP contribution in [0.15, 0.2) is 48.7 Å². The monoisotopic (exact) mass is 365 g/mol. The molecule has 3 rings (SSSR count). The summed E-state index contributed by atoms with van der Waals surface area (Å²) in [5.41, 5.74) is 2.64. The number of carbonyl (C=O) groups excluding carboxylic acids is 2.